The van der Waals surface area contributed by atoms with Gasteiger partial charge in [-0.05, 0) is 87.3 Å². The number of halogens is 8. The van der Waals surface area contributed by atoms with Gasteiger partial charge in [0.25, 0.3) is 0 Å². The minimum absolute atomic E-state index is 0.129. The topological polar surface area (TPSA) is 91.8 Å². The minimum Gasteiger partial charge on any atom is -0.481 e. The third-order valence-corrected chi connectivity index (χ3v) is 12.5. The van der Waals surface area contributed by atoms with Gasteiger partial charge in [-0.3, -0.25) is 9.59 Å². The molecule has 3 aliphatic rings. The van der Waals surface area contributed by atoms with E-state index < -0.39 is 73.2 Å². The molecule has 1 N–H and O–H groups in total. The van der Waals surface area contributed by atoms with E-state index in [2.05, 4.69) is 0 Å². The molecule has 2 aromatic rings. The summed E-state index contributed by atoms with van der Waals surface area (Å²) in [6.45, 7) is 1.44. The fourth-order valence-corrected chi connectivity index (χ4v) is 9.64. The molecule has 15 heteroatoms. The van der Waals surface area contributed by atoms with Gasteiger partial charge in [-0.1, -0.05) is 18.2 Å². The summed E-state index contributed by atoms with van der Waals surface area (Å²) in [7, 11) is -4.60. The predicted octanol–water partition coefficient (Wildman–Crippen LogP) is 6.61. The minimum atomic E-state index is -6.37. The predicted molar refractivity (Wildman–Crippen MR) is 143 cm³/mol. The number of carboxylic acids is 1. The molecule has 6 nitrogen and oxygen atoms in total. The monoisotopic (exact) mass is 667 g/mol. The molecule has 2 aromatic carbocycles. The van der Waals surface area contributed by atoms with E-state index in [9.17, 15) is 58.2 Å². The van der Waals surface area contributed by atoms with Crippen LogP contribution in [-0.4, -0.2) is 55.2 Å². The van der Waals surface area contributed by atoms with Gasteiger partial charge in [0, 0.05) is 18.0 Å². The van der Waals surface area contributed by atoms with E-state index in [0.29, 0.717) is 6.07 Å². The van der Waals surface area contributed by atoms with Crippen molar-refractivity contribution in [2.45, 2.75) is 85.6 Å². The number of carbonyl (C=O) groups excluding carboxylic acids is 1. The van der Waals surface area contributed by atoms with E-state index in [0.717, 1.165) is 30.3 Å². The Balaban J connectivity index is 1.62. The Morgan fingerprint density at radius 3 is 2.00 bits per heavy atom. The Morgan fingerprint density at radius 1 is 0.889 bits per heavy atom. The van der Waals surface area contributed by atoms with Gasteiger partial charge in [-0.25, -0.2) is 17.2 Å². The average molecular weight is 668 g/mol. The smallest absolute Gasteiger partial charge is 0.435 e. The zero-order valence-electron chi connectivity index (χ0n) is 23.8. The SMILES string of the molecule is CC1(C(=O)O)CCC(C(=O)N2CC[C@]3(S(=O)(=O)c4ccc(F)cc4)c4ccc(C(F)(C(F)(F)F)C(F)(F)F)cc4CC[C@H]23)CC1. The van der Waals surface area contributed by atoms with Crippen molar-refractivity contribution in [1.82, 2.24) is 4.90 Å². The Labute approximate surface area is 253 Å². The highest BCUT2D eigenvalue weighted by Crippen LogP contribution is 2.57. The first-order chi connectivity index (χ1) is 20.7. The van der Waals surface area contributed by atoms with Gasteiger partial charge in [0.15, 0.2) is 9.84 Å². The first-order valence-corrected chi connectivity index (χ1v) is 15.7. The van der Waals surface area contributed by atoms with Crippen LogP contribution in [0.4, 0.5) is 35.1 Å². The summed E-state index contributed by atoms with van der Waals surface area (Å²) >= 11 is 0. The highest BCUT2D eigenvalue weighted by molar-refractivity contribution is 7.92. The van der Waals surface area contributed by atoms with Crippen molar-refractivity contribution in [2.75, 3.05) is 6.54 Å². The lowest BCUT2D eigenvalue weighted by Gasteiger charge is -2.44. The second-order valence-electron chi connectivity index (χ2n) is 12.3. The standard InChI is InChI=1S/C30H29F8NO5S/c1-26(25(41)42)12-10-17(11-13-26)24(40)39-15-14-27(45(43,44)21-6-4-20(31)5-7-21)22-8-3-19(16-18(22)2-9-23(27)39)28(32,29(33,34)35)30(36,37)38/h3-8,16-17,23H,2,9-15H2,1H3,(H,41,42)/t17?,23-,26?,27-/m0/s1. The summed E-state index contributed by atoms with van der Waals surface area (Å²) in [5.41, 5.74) is -8.90. The van der Waals surface area contributed by atoms with Gasteiger partial charge in [-0.2, -0.15) is 26.3 Å². The number of alkyl halides is 7. The number of fused-ring (bicyclic) bond motifs is 3. The molecular weight excluding hydrogens is 638 g/mol. The van der Waals surface area contributed by atoms with E-state index in [4.69, 9.17) is 0 Å². The third kappa shape index (κ3) is 4.91. The van der Waals surface area contributed by atoms with Crippen LogP contribution in [0.25, 0.3) is 0 Å². The van der Waals surface area contributed by atoms with Gasteiger partial charge in [0.2, 0.25) is 5.91 Å². The third-order valence-electron chi connectivity index (χ3n) is 9.91. The Hall–Kier alpha value is -3.23. The largest absolute Gasteiger partial charge is 0.481 e. The van der Waals surface area contributed by atoms with E-state index in [1.165, 1.54) is 4.90 Å². The van der Waals surface area contributed by atoms with Crippen molar-refractivity contribution in [3.05, 3.63) is 65.0 Å². The molecular formula is C30H29F8NO5S. The number of amides is 1. The fourth-order valence-electron chi connectivity index (χ4n) is 7.27. The second-order valence-corrected chi connectivity index (χ2v) is 14.6. The number of aliphatic carboxylic acids is 1. The molecule has 45 heavy (non-hydrogen) atoms. The summed E-state index contributed by atoms with van der Waals surface area (Å²) in [5, 5.41) is 9.56. The molecule has 0 aromatic heterocycles. The molecule has 1 saturated heterocycles. The number of rotatable bonds is 5. The average Bonchev–Trinajstić information content (AvgIpc) is 3.37. The van der Waals surface area contributed by atoms with E-state index in [1.54, 1.807) is 6.92 Å². The molecule has 1 saturated carbocycles. The number of carbonyl (C=O) groups is 2. The Morgan fingerprint density at radius 2 is 1.47 bits per heavy atom. The highest BCUT2D eigenvalue weighted by atomic mass is 32.2. The fraction of sp³-hybridized carbons (Fsp3) is 0.533. The lowest BCUT2D eigenvalue weighted by atomic mass is 9.71. The number of carboxylic acid groups (broad SMARTS) is 1. The molecule has 2 atom stereocenters. The number of hydrogen-bond donors (Lipinski definition) is 1. The van der Waals surface area contributed by atoms with Crippen LogP contribution in [0.1, 0.15) is 62.1 Å². The molecule has 5 rings (SSSR count). The lowest BCUT2D eigenvalue weighted by Crippen LogP contribution is -2.54. The number of sulfone groups is 1. The van der Waals surface area contributed by atoms with E-state index in [1.807, 2.05) is 0 Å². The number of likely N-dealkylation sites (tertiary alicyclic amines) is 1. The van der Waals surface area contributed by atoms with Gasteiger partial charge in [0.1, 0.15) is 10.6 Å². The molecule has 1 aliphatic heterocycles. The maximum Gasteiger partial charge on any atom is 0.435 e. The van der Waals surface area contributed by atoms with Crippen LogP contribution in [0.15, 0.2) is 47.4 Å². The zero-order chi connectivity index (χ0) is 33.4. The molecule has 0 radical (unpaired) electrons. The van der Waals surface area contributed by atoms with Gasteiger partial charge < -0.3 is 10.0 Å². The van der Waals surface area contributed by atoms with Crippen LogP contribution >= 0.6 is 0 Å². The quantitative estimate of drug-likeness (QED) is 0.286. The molecule has 0 bridgehead atoms. The summed E-state index contributed by atoms with van der Waals surface area (Å²) in [6.07, 6.45) is -12.6. The first kappa shape index (κ1) is 33.1. The van der Waals surface area contributed by atoms with E-state index >= 15 is 0 Å². The van der Waals surface area contributed by atoms with Crippen molar-refractivity contribution in [3.8, 4) is 0 Å². The molecule has 0 spiro atoms. The normalized spacial score (nSPS) is 27.5. The highest BCUT2D eigenvalue weighted by Gasteiger charge is 2.74. The first-order valence-electron chi connectivity index (χ1n) is 14.2. The molecule has 2 fully saturated rings. The van der Waals surface area contributed by atoms with Gasteiger partial charge in [-0.15, -0.1) is 0 Å². The van der Waals surface area contributed by atoms with Gasteiger partial charge in [0.05, 0.1) is 16.4 Å². The van der Waals surface area contributed by atoms with Crippen molar-refractivity contribution >= 4 is 21.7 Å². The summed E-state index contributed by atoms with van der Waals surface area (Å²) in [5.74, 6) is -2.82. The number of nitrogens with zero attached hydrogens (tertiary/aromatic N) is 1. The van der Waals surface area contributed by atoms with Crippen LogP contribution < -0.4 is 0 Å². The van der Waals surface area contributed by atoms with Crippen LogP contribution in [0, 0.1) is 17.2 Å². The number of hydrogen-bond acceptors (Lipinski definition) is 4. The second kappa shape index (κ2) is 10.7. The molecule has 1 heterocycles. The summed E-state index contributed by atoms with van der Waals surface area (Å²) in [6, 6.07) is 4.07. The van der Waals surface area contributed by atoms with Crippen LogP contribution in [0.3, 0.4) is 0 Å². The van der Waals surface area contributed by atoms with Crippen molar-refractivity contribution in [2.24, 2.45) is 11.3 Å². The maximum absolute atomic E-state index is 15.0. The van der Waals surface area contributed by atoms with E-state index in [-0.39, 0.29) is 73.6 Å². The van der Waals surface area contributed by atoms with Crippen LogP contribution in [0.2, 0.25) is 0 Å². The zero-order valence-corrected chi connectivity index (χ0v) is 24.6. The Bertz CT molecular complexity index is 1600. The van der Waals surface area contributed by atoms with Crippen molar-refractivity contribution in [1.29, 1.82) is 0 Å². The van der Waals surface area contributed by atoms with Gasteiger partial charge >= 0.3 is 24.0 Å². The number of benzene rings is 2. The molecule has 0 unspecified atom stereocenters. The summed E-state index contributed by atoms with van der Waals surface area (Å²) in [4.78, 5) is 26.5. The van der Waals surface area contributed by atoms with Crippen LogP contribution in [0.5, 0.6) is 0 Å². The van der Waals surface area contributed by atoms with Crippen molar-refractivity contribution in [3.63, 3.8) is 0 Å². The maximum atomic E-state index is 15.0. The Kier molecular flexibility index (Phi) is 7.85. The summed E-state index contributed by atoms with van der Waals surface area (Å²) < 4.78 is 137. The molecule has 1 amide bonds. The lowest BCUT2D eigenvalue weighted by molar-refractivity contribution is -0.348. The van der Waals surface area contributed by atoms with Crippen molar-refractivity contribution < 1.29 is 58.2 Å². The van der Waals surface area contributed by atoms with Crippen LogP contribution in [-0.2, 0) is 36.3 Å². The molecule has 2 aliphatic carbocycles. The number of aryl methyl sites for hydroxylation is 1. The molecule has 246 valence electrons.